The van der Waals surface area contributed by atoms with E-state index in [9.17, 15) is 9.59 Å². The Morgan fingerprint density at radius 2 is 2.09 bits per heavy atom. The first kappa shape index (κ1) is 14.3. The molecule has 0 radical (unpaired) electrons. The van der Waals surface area contributed by atoms with Crippen LogP contribution >= 0.6 is 0 Å². The number of fused-ring (bicyclic) bond motifs is 1. The maximum atomic E-state index is 12.5. The highest BCUT2D eigenvalue weighted by molar-refractivity contribution is 5.96. The van der Waals surface area contributed by atoms with Crippen molar-refractivity contribution in [1.82, 2.24) is 4.90 Å². The zero-order chi connectivity index (χ0) is 16.0. The SMILES string of the molecule is O=C(O)CN1CC[C@@]2(CC(=O)N(c3ccc4c(c3)OCO4)C2)C1. The summed E-state index contributed by atoms with van der Waals surface area (Å²) in [5, 5.41) is 8.93. The van der Waals surface area contributed by atoms with Crippen LogP contribution in [0, 0.1) is 5.41 Å². The molecule has 122 valence electrons. The summed E-state index contributed by atoms with van der Waals surface area (Å²) in [5.41, 5.74) is 0.677. The third kappa shape index (κ3) is 2.50. The number of hydrogen-bond acceptors (Lipinski definition) is 5. The quantitative estimate of drug-likeness (QED) is 0.893. The summed E-state index contributed by atoms with van der Waals surface area (Å²) in [6.07, 6.45) is 1.32. The number of anilines is 1. The van der Waals surface area contributed by atoms with Crippen molar-refractivity contribution in [3.63, 3.8) is 0 Å². The molecule has 0 unspecified atom stereocenters. The number of amides is 1. The van der Waals surface area contributed by atoms with Crippen molar-refractivity contribution in [2.45, 2.75) is 12.8 Å². The molecule has 2 fully saturated rings. The number of carboxylic acids is 1. The van der Waals surface area contributed by atoms with Crippen LogP contribution in [0.25, 0.3) is 0 Å². The molecule has 7 nitrogen and oxygen atoms in total. The molecule has 1 spiro atoms. The van der Waals surface area contributed by atoms with E-state index < -0.39 is 5.97 Å². The summed E-state index contributed by atoms with van der Waals surface area (Å²) < 4.78 is 10.7. The molecule has 2 saturated heterocycles. The highest BCUT2D eigenvalue weighted by Gasteiger charge is 2.48. The van der Waals surface area contributed by atoms with E-state index in [2.05, 4.69) is 0 Å². The average molecular weight is 318 g/mol. The molecule has 3 aliphatic heterocycles. The Balaban J connectivity index is 1.52. The van der Waals surface area contributed by atoms with Crippen molar-refractivity contribution in [2.24, 2.45) is 5.41 Å². The van der Waals surface area contributed by atoms with Gasteiger partial charge in [0.25, 0.3) is 0 Å². The van der Waals surface area contributed by atoms with E-state index >= 15 is 0 Å². The molecule has 1 N–H and O–H groups in total. The van der Waals surface area contributed by atoms with Crippen LogP contribution in [0.15, 0.2) is 18.2 Å². The second-order valence-electron chi connectivity index (χ2n) is 6.55. The minimum atomic E-state index is -0.820. The molecular formula is C16H18N2O5. The fourth-order valence-corrected chi connectivity index (χ4v) is 3.81. The molecule has 1 amide bonds. The van der Waals surface area contributed by atoms with Crippen LogP contribution in [0.2, 0.25) is 0 Å². The summed E-state index contributed by atoms with van der Waals surface area (Å²) in [6.45, 7) is 2.27. The van der Waals surface area contributed by atoms with Crippen LogP contribution in [-0.2, 0) is 9.59 Å². The Labute approximate surface area is 133 Å². The number of benzene rings is 1. The van der Waals surface area contributed by atoms with E-state index in [1.807, 2.05) is 23.1 Å². The lowest BCUT2D eigenvalue weighted by molar-refractivity contribution is -0.138. The average Bonchev–Trinajstić information content (AvgIpc) is 3.17. The van der Waals surface area contributed by atoms with Crippen LogP contribution in [-0.4, -0.2) is 54.9 Å². The van der Waals surface area contributed by atoms with Gasteiger partial charge in [-0.15, -0.1) is 0 Å². The molecule has 3 heterocycles. The molecule has 1 aromatic rings. The minimum Gasteiger partial charge on any atom is -0.480 e. The Morgan fingerprint density at radius 1 is 1.26 bits per heavy atom. The van der Waals surface area contributed by atoms with Gasteiger partial charge < -0.3 is 19.5 Å². The first-order valence-corrected chi connectivity index (χ1v) is 7.69. The Bertz CT molecular complexity index is 676. The molecule has 0 saturated carbocycles. The zero-order valence-corrected chi connectivity index (χ0v) is 12.7. The standard InChI is InChI=1S/C16H18N2O5/c19-14-6-16(3-4-17(8-16)7-15(20)21)9-18(14)11-1-2-12-13(5-11)23-10-22-12/h1-2,5H,3-4,6-10H2,(H,20,21)/t16-/m1/s1. The van der Waals surface area contributed by atoms with Gasteiger partial charge in [0.1, 0.15) is 0 Å². The van der Waals surface area contributed by atoms with Crippen molar-refractivity contribution < 1.29 is 24.2 Å². The van der Waals surface area contributed by atoms with E-state index in [0.717, 1.165) is 18.7 Å². The van der Waals surface area contributed by atoms with E-state index in [4.69, 9.17) is 14.6 Å². The number of nitrogens with zero attached hydrogens (tertiary/aromatic N) is 2. The van der Waals surface area contributed by atoms with Crippen LogP contribution in [0.4, 0.5) is 5.69 Å². The Kier molecular flexibility index (Phi) is 3.19. The van der Waals surface area contributed by atoms with Crippen molar-refractivity contribution in [3.05, 3.63) is 18.2 Å². The molecule has 7 heteroatoms. The van der Waals surface area contributed by atoms with Gasteiger partial charge >= 0.3 is 5.97 Å². The van der Waals surface area contributed by atoms with Gasteiger partial charge in [-0.1, -0.05) is 0 Å². The second-order valence-corrected chi connectivity index (χ2v) is 6.55. The third-order valence-electron chi connectivity index (χ3n) is 4.86. The molecular weight excluding hydrogens is 300 g/mol. The van der Waals surface area contributed by atoms with E-state index in [1.165, 1.54) is 0 Å². The molecule has 23 heavy (non-hydrogen) atoms. The number of carbonyl (C=O) groups excluding carboxylic acids is 1. The summed E-state index contributed by atoms with van der Waals surface area (Å²) in [4.78, 5) is 27.1. The third-order valence-corrected chi connectivity index (χ3v) is 4.86. The maximum Gasteiger partial charge on any atom is 0.317 e. The summed E-state index contributed by atoms with van der Waals surface area (Å²) in [6, 6.07) is 5.53. The second kappa shape index (κ2) is 5.13. The summed E-state index contributed by atoms with van der Waals surface area (Å²) >= 11 is 0. The van der Waals surface area contributed by atoms with Gasteiger partial charge in [-0.2, -0.15) is 0 Å². The molecule has 4 rings (SSSR count). The normalized spacial score (nSPS) is 26.4. The number of hydrogen-bond donors (Lipinski definition) is 1. The topological polar surface area (TPSA) is 79.3 Å². The molecule has 0 bridgehead atoms. The summed E-state index contributed by atoms with van der Waals surface area (Å²) in [5.74, 6) is 0.624. The predicted octanol–water partition coefficient (Wildman–Crippen LogP) is 0.929. The molecule has 1 aromatic carbocycles. The van der Waals surface area contributed by atoms with Crippen molar-refractivity contribution in [1.29, 1.82) is 0 Å². The van der Waals surface area contributed by atoms with Gasteiger partial charge in [-0.05, 0) is 25.1 Å². The van der Waals surface area contributed by atoms with Crippen LogP contribution in [0.3, 0.4) is 0 Å². The fourth-order valence-electron chi connectivity index (χ4n) is 3.81. The first-order valence-electron chi connectivity index (χ1n) is 7.69. The summed E-state index contributed by atoms with van der Waals surface area (Å²) in [7, 11) is 0. The Morgan fingerprint density at radius 3 is 2.91 bits per heavy atom. The largest absolute Gasteiger partial charge is 0.480 e. The number of rotatable bonds is 3. The lowest BCUT2D eigenvalue weighted by atomic mass is 9.86. The van der Waals surface area contributed by atoms with Gasteiger partial charge in [0.2, 0.25) is 12.7 Å². The minimum absolute atomic E-state index is 0.0416. The van der Waals surface area contributed by atoms with Gasteiger partial charge in [0.15, 0.2) is 11.5 Å². The predicted molar refractivity (Wildman–Crippen MR) is 80.7 cm³/mol. The number of ether oxygens (including phenoxy) is 2. The number of carboxylic acid groups (broad SMARTS) is 1. The lowest BCUT2D eigenvalue weighted by Gasteiger charge is -2.24. The monoisotopic (exact) mass is 318 g/mol. The van der Waals surface area contributed by atoms with Crippen LogP contribution in [0.1, 0.15) is 12.8 Å². The molecule has 0 aliphatic carbocycles. The van der Waals surface area contributed by atoms with Gasteiger partial charge in [0.05, 0.1) is 6.54 Å². The highest BCUT2D eigenvalue weighted by Crippen LogP contribution is 2.43. The molecule has 3 aliphatic rings. The smallest absolute Gasteiger partial charge is 0.317 e. The number of carbonyl (C=O) groups is 2. The van der Waals surface area contributed by atoms with Crippen molar-refractivity contribution in [3.8, 4) is 11.5 Å². The van der Waals surface area contributed by atoms with Crippen LogP contribution in [0.5, 0.6) is 11.5 Å². The van der Waals surface area contributed by atoms with Gasteiger partial charge in [-0.25, -0.2) is 0 Å². The zero-order valence-electron chi connectivity index (χ0n) is 12.7. The van der Waals surface area contributed by atoms with E-state index in [1.54, 1.807) is 4.90 Å². The van der Waals surface area contributed by atoms with E-state index in [0.29, 0.717) is 31.0 Å². The Hall–Kier alpha value is -2.28. The number of likely N-dealkylation sites (tertiary alicyclic amines) is 1. The molecule has 0 aromatic heterocycles. The van der Waals surface area contributed by atoms with Gasteiger partial charge in [0, 0.05) is 36.7 Å². The van der Waals surface area contributed by atoms with Crippen molar-refractivity contribution >= 4 is 17.6 Å². The fraction of sp³-hybridized carbons (Fsp3) is 0.500. The highest BCUT2D eigenvalue weighted by atomic mass is 16.7. The number of aliphatic carboxylic acids is 1. The van der Waals surface area contributed by atoms with Crippen molar-refractivity contribution in [2.75, 3.05) is 37.9 Å². The lowest BCUT2D eigenvalue weighted by Crippen LogP contribution is -2.33. The van der Waals surface area contributed by atoms with E-state index in [-0.39, 0.29) is 24.7 Å². The van der Waals surface area contributed by atoms with Gasteiger partial charge in [-0.3, -0.25) is 14.5 Å². The van der Waals surface area contributed by atoms with Crippen LogP contribution < -0.4 is 14.4 Å². The maximum absolute atomic E-state index is 12.5. The first-order chi connectivity index (χ1) is 11.0. The molecule has 1 atom stereocenters.